The van der Waals surface area contributed by atoms with Gasteiger partial charge < -0.3 is 10.2 Å². The fourth-order valence-electron chi connectivity index (χ4n) is 1.88. The van der Waals surface area contributed by atoms with Gasteiger partial charge in [-0.1, -0.05) is 48.6 Å². The number of hydrogen-bond acceptors (Lipinski definition) is 2. The summed E-state index contributed by atoms with van der Waals surface area (Å²) in [5, 5.41) is 17.8. The molecular formula is C18H14O4. The van der Waals surface area contributed by atoms with Crippen LogP contribution in [-0.2, 0) is 0 Å². The fourth-order valence-corrected chi connectivity index (χ4v) is 1.88. The fraction of sp³-hybridized carbons (Fsp3) is 0. The van der Waals surface area contributed by atoms with Gasteiger partial charge in [0.25, 0.3) is 0 Å². The van der Waals surface area contributed by atoms with Crippen LogP contribution in [0.25, 0.3) is 12.2 Å². The first-order valence-corrected chi connectivity index (χ1v) is 6.58. The Hall–Kier alpha value is -3.14. The molecule has 0 bridgehead atoms. The van der Waals surface area contributed by atoms with Crippen LogP contribution in [0.1, 0.15) is 31.8 Å². The van der Waals surface area contributed by atoms with Gasteiger partial charge in [-0.15, -0.1) is 0 Å². The first kappa shape index (κ1) is 15.3. The number of hydrogen-bond donors (Lipinski definition) is 2. The number of carbonyl (C=O) groups is 2. The predicted molar refractivity (Wildman–Crippen MR) is 84.9 cm³/mol. The van der Waals surface area contributed by atoms with Gasteiger partial charge in [-0.3, -0.25) is 0 Å². The van der Waals surface area contributed by atoms with Crippen LogP contribution in [0.2, 0.25) is 0 Å². The van der Waals surface area contributed by atoms with Gasteiger partial charge in [0, 0.05) is 0 Å². The Labute approximate surface area is 127 Å². The minimum Gasteiger partial charge on any atom is -0.478 e. The van der Waals surface area contributed by atoms with E-state index in [0.717, 1.165) is 11.1 Å². The Kier molecular flexibility index (Phi) is 4.88. The molecule has 0 unspecified atom stereocenters. The van der Waals surface area contributed by atoms with Crippen LogP contribution < -0.4 is 0 Å². The van der Waals surface area contributed by atoms with E-state index in [0.29, 0.717) is 0 Å². The maximum Gasteiger partial charge on any atom is 0.335 e. The van der Waals surface area contributed by atoms with E-state index in [4.69, 9.17) is 10.2 Å². The highest BCUT2D eigenvalue weighted by atomic mass is 16.4. The summed E-state index contributed by atoms with van der Waals surface area (Å²) in [5.41, 5.74) is 2.04. The number of rotatable bonds is 5. The lowest BCUT2D eigenvalue weighted by atomic mass is 10.1. The van der Waals surface area contributed by atoms with Gasteiger partial charge in [-0.25, -0.2) is 9.59 Å². The van der Waals surface area contributed by atoms with Crippen LogP contribution in [-0.4, -0.2) is 22.2 Å². The third-order valence-electron chi connectivity index (χ3n) is 2.96. The lowest BCUT2D eigenvalue weighted by Crippen LogP contribution is -1.95. The monoisotopic (exact) mass is 294 g/mol. The molecule has 0 radical (unpaired) electrons. The summed E-state index contributed by atoms with van der Waals surface area (Å²) in [4.78, 5) is 21.7. The molecule has 0 saturated heterocycles. The van der Waals surface area contributed by atoms with Crippen LogP contribution in [0.5, 0.6) is 0 Å². The second-order valence-electron chi connectivity index (χ2n) is 4.58. The van der Waals surface area contributed by atoms with Crippen LogP contribution in [0.3, 0.4) is 0 Å². The van der Waals surface area contributed by atoms with Gasteiger partial charge >= 0.3 is 11.9 Å². The summed E-state index contributed by atoms with van der Waals surface area (Å²) in [6.45, 7) is 0. The van der Waals surface area contributed by atoms with Gasteiger partial charge in [-0.05, 0) is 35.4 Å². The van der Waals surface area contributed by atoms with Crippen molar-refractivity contribution in [3.8, 4) is 0 Å². The van der Waals surface area contributed by atoms with Gasteiger partial charge in [-0.2, -0.15) is 0 Å². The molecule has 2 aromatic rings. The maximum absolute atomic E-state index is 10.9. The van der Waals surface area contributed by atoms with Gasteiger partial charge in [0.1, 0.15) is 0 Å². The Morgan fingerprint density at radius 2 is 1.14 bits per heavy atom. The van der Waals surface area contributed by atoms with Crippen molar-refractivity contribution in [3.05, 3.63) is 82.9 Å². The molecule has 0 amide bonds. The second-order valence-corrected chi connectivity index (χ2v) is 4.58. The molecule has 0 saturated carbocycles. The Balaban J connectivity index is 2.09. The highest BCUT2D eigenvalue weighted by Gasteiger charge is 2.01. The smallest absolute Gasteiger partial charge is 0.335 e. The molecular weight excluding hydrogens is 280 g/mol. The predicted octanol–water partition coefficient (Wildman–Crippen LogP) is 3.81. The minimum atomic E-state index is -0.962. The number of carboxylic acid groups (broad SMARTS) is 2. The van der Waals surface area contributed by atoms with Gasteiger partial charge in [0.05, 0.1) is 11.1 Å². The van der Waals surface area contributed by atoms with Gasteiger partial charge in [0.15, 0.2) is 0 Å². The molecule has 0 aliphatic rings. The van der Waals surface area contributed by atoms with Crippen molar-refractivity contribution in [3.63, 3.8) is 0 Å². The van der Waals surface area contributed by atoms with E-state index in [2.05, 4.69) is 0 Å². The Bertz CT molecular complexity index is 692. The van der Waals surface area contributed by atoms with E-state index in [-0.39, 0.29) is 11.1 Å². The molecule has 110 valence electrons. The molecule has 0 spiro atoms. The van der Waals surface area contributed by atoms with Crippen molar-refractivity contribution in [1.29, 1.82) is 0 Å². The highest BCUT2D eigenvalue weighted by molar-refractivity contribution is 5.89. The van der Waals surface area contributed by atoms with E-state index < -0.39 is 11.9 Å². The molecule has 0 aliphatic carbocycles. The lowest BCUT2D eigenvalue weighted by Gasteiger charge is -1.97. The molecule has 0 atom stereocenters. The van der Waals surface area contributed by atoms with Crippen LogP contribution >= 0.6 is 0 Å². The van der Waals surface area contributed by atoms with Crippen LogP contribution in [0.4, 0.5) is 0 Å². The van der Waals surface area contributed by atoms with Crippen molar-refractivity contribution in [1.82, 2.24) is 0 Å². The van der Waals surface area contributed by atoms with E-state index in [1.165, 1.54) is 12.1 Å². The first-order valence-electron chi connectivity index (χ1n) is 6.58. The molecule has 4 heteroatoms. The normalized spacial score (nSPS) is 11.1. The summed E-state index contributed by atoms with van der Waals surface area (Å²) < 4.78 is 0. The van der Waals surface area contributed by atoms with Crippen LogP contribution in [0, 0.1) is 0 Å². The third-order valence-corrected chi connectivity index (χ3v) is 2.96. The number of allylic oxidation sites excluding steroid dienone is 2. The molecule has 0 aromatic heterocycles. The van der Waals surface area contributed by atoms with Crippen molar-refractivity contribution >= 4 is 24.1 Å². The minimum absolute atomic E-state index is 0.236. The summed E-state index contributed by atoms with van der Waals surface area (Å²) >= 11 is 0. The average molecular weight is 294 g/mol. The third kappa shape index (κ3) is 4.18. The summed E-state index contributed by atoms with van der Waals surface area (Å²) in [6, 6.07) is 13.2. The largest absolute Gasteiger partial charge is 0.478 e. The average Bonchev–Trinajstić information content (AvgIpc) is 2.52. The van der Waals surface area contributed by atoms with Gasteiger partial charge in [0.2, 0.25) is 0 Å². The summed E-state index contributed by atoms with van der Waals surface area (Å²) in [5.74, 6) is -1.92. The molecule has 0 fully saturated rings. The molecule has 22 heavy (non-hydrogen) atoms. The quantitative estimate of drug-likeness (QED) is 0.822. The number of carboxylic acids is 2. The molecule has 0 heterocycles. The van der Waals surface area contributed by atoms with E-state index in [1.54, 1.807) is 48.6 Å². The van der Waals surface area contributed by atoms with E-state index in [9.17, 15) is 9.59 Å². The standard InChI is InChI=1S/C18H14O4/c19-17(20)15-9-3-7-13(11-15)5-1-2-6-14-8-4-10-16(12-14)18(21)22/h1-12H,(H,19,20)(H,21,22)/b5-1-,6-2+. The van der Waals surface area contributed by atoms with Crippen molar-refractivity contribution in [2.75, 3.05) is 0 Å². The molecule has 0 aliphatic heterocycles. The maximum atomic E-state index is 10.9. The van der Waals surface area contributed by atoms with Crippen LogP contribution in [0.15, 0.2) is 60.7 Å². The molecule has 2 rings (SSSR count). The van der Waals surface area contributed by atoms with E-state index in [1.807, 2.05) is 12.1 Å². The second kappa shape index (κ2) is 7.04. The lowest BCUT2D eigenvalue weighted by molar-refractivity contribution is 0.0686. The zero-order valence-corrected chi connectivity index (χ0v) is 11.6. The Morgan fingerprint density at radius 1 is 0.727 bits per heavy atom. The number of benzene rings is 2. The SMILES string of the molecule is O=C(O)c1cccc(/C=C\C=C\c2cccc(C(=O)O)c2)c1. The number of aromatic carboxylic acids is 2. The van der Waals surface area contributed by atoms with E-state index >= 15 is 0 Å². The zero-order valence-electron chi connectivity index (χ0n) is 11.6. The zero-order chi connectivity index (χ0) is 15.9. The first-order chi connectivity index (χ1) is 10.6. The molecule has 2 aromatic carbocycles. The van der Waals surface area contributed by atoms with Crippen molar-refractivity contribution < 1.29 is 19.8 Å². The molecule has 2 N–H and O–H groups in total. The summed E-state index contributed by atoms with van der Waals surface area (Å²) in [6.07, 6.45) is 7.11. The Morgan fingerprint density at radius 3 is 1.50 bits per heavy atom. The highest BCUT2D eigenvalue weighted by Crippen LogP contribution is 2.09. The van der Waals surface area contributed by atoms with Crippen molar-refractivity contribution in [2.45, 2.75) is 0 Å². The molecule has 4 nitrogen and oxygen atoms in total. The van der Waals surface area contributed by atoms with Crippen molar-refractivity contribution in [2.24, 2.45) is 0 Å². The summed E-state index contributed by atoms with van der Waals surface area (Å²) in [7, 11) is 0. The topological polar surface area (TPSA) is 74.6 Å².